The van der Waals surface area contributed by atoms with E-state index >= 15 is 0 Å². The summed E-state index contributed by atoms with van der Waals surface area (Å²) in [5.74, 6) is 0. The Balaban J connectivity index is 2.25. The lowest BCUT2D eigenvalue weighted by atomic mass is 9.77. The summed E-state index contributed by atoms with van der Waals surface area (Å²) in [5.41, 5.74) is 2.83. The van der Waals surface area contributed by atoms with Crippen molar-refractivity contribution in [2.24, 2.45) is 5.41 Å². The lowest BCUT2D eigenvalue weighted by Crippen LogP contribution is -2.32. The van der Waals surface area contributed by atoms with Crippen LogP contribution in [0, 0.1) is 12.3 Å². The zero-order valence-corrected chi connectivity index (χ0v) is 10.6. The van der Waals surface area contributed by atoms with Gasteiger partial charge in [0.05, 0.1) is 0 Å². The zero-order chi connectivity index (χ0) is 11.6. The molecular weight excluding hydrogens is 196 g/mol. The summed E-state index contributed by atoms with van der Waals surface area (Å²) in [6.07, 6.45) is 7.42. The van der Waals surface area contributed by atoms with Crippen molar-refractivity contribution in [3.05, 3.63) is 29.6 Å². The number of pyridine rings is 1. The third kappa shape index (κ3) is 2.12. The van der Waals surface area contributed by atoms with Crippen molar-refractivity contribution in [2.75, 3.05) is 7.05 Å². The molecule has 1 aromatic rings. The van der Waals surface area contributed by atoms with Crippen LogP contribution in [0.15, 0.2) is 18.3 Å². The molecule has 0 aromatic carbocycles. The Bertz CT molecular complexity index is 336. The minimum Gasteiger partial charge on any atom is -0.312 e. The minimum atomic E-state index is 0.408. The second kappa shape index (κ2) is 4.54. The van der Waals surface area contributed by atoms with Gasteiger partial charge >= 0.3 is 0 Å². The molecular formula is C14H22N2. The maximum Gasteiger partial charge on any atom is 0.0387 e. The number of aromatic nitrogens is 1. The molecule has 0 bridgehead atoms. The molecule has 16 heavy (non-hydrogen) atoms. The number of aryl methyl sites for hydroxylation is 1. The lowest BCUT2D eigenvalue weighted by Gasteiger charge is -2.34. The number of hydrogen-bond acceptors (Lipinski definition) is 2. The Morgan fingerprint density at radius 1 is 1.31 bits per heavy atom. The van der Waals surface area contributed by atoms with E-state index in [1.807, 2.05) is 13.1 Å². The number of nitrogens with zero attached hydrogens (tertiary/aromatic N) is 1. The van der Waals surface area contributed by atoms with E-state index in [-0.39, 0.29) is 0 Å². The molecule has 2 rings (SSSR count). The number of nitrogens with one attached hydrogen (secondary N) is 1. The van der Waals surface area contributed by atoms with E-state index in [1.165, 1.54) is 31.2 Å². The summed E-state index contributed by atoms with van der Waals surface area (Å²) in [7, 11) is 2.06. The first kappa shape index (κ1) is 11.6. The van der Waals surface area contributed by atoms with Crippen LogP contribution in [0.2, 0.25) is 0 Å². The van der Waals surface area contributed by atoms with E-state index in [0.29, 0.717) is 11.5 Å². The molecule has 88 valence electrons. The van der Waals surface area contributed by atoms with Gasteiger partial charge in [-0.25, -0.2) is 0 Å². The van der Waals surface area contributed by atoms with Crippen LogP contribution in [-0.4, -0.2) is 12.0 Å². The molecule has 0 radical (unpaired) electrons. The highest BCUT2D eigenvalue weighted by Crippen LogP contribution is 2.46. The van der Waals surface area contributed by atoms with Gasteiger partial charge in [-0.05, 0) is 43.9 Å². The quantitative estimate of drug-likeness (QED) is 0.842. The summed E-state index contributed by atoms with van der Waals surface area (Å²) in [6.45, 7) is 4.44. The van der Waals surface area contributed by atoms with Gasteiger partial charge in [0.25, 0.3) is 0 Å². The van der Waals surface area contributed by atoms with Gasteiger partial charge in [-0.15, -0.1) is 0 Å². The van der Waals surface area contributed by atoms with E-state index in [1.54, 1.807) is 0 Å². The molecule has 1 aliphatic carbocycles. The first-order valence-corrected chi connectivity index (χ1v) is 6.25. The second-order valence-electron chi connectivity index (χ2n) is 5.32. The highest BCUT2D eigenvalue weighted by Gasteiger charge is 2.36. The normalized spacial score (nSPS) is 20.9. The van der Waals surface area contributed by atoms with E-state index in [2.05, 4.69) is 36.4 Å². The monoisotopic (exact) mass is 218 g/mol. The van der Waals surface area contributed by atoms with Crippen molar-refractivity contribution in [1.82, 2.24) is 10.3 Å². The van der Waals surface area contributed by atoms with E-state index < -0.39 is 0 Å². The molecule has 2 nitrogen and oxygen atoms in total. The third-order valence-corrected chi connectivity index (χ3v) is 4.00. The smallest absolute Gasteiger partial charge is 0.0387 e. The first-order valence-electron chi connectivity index (χ1n) is 6.25. The van der Waals surface area contributed by atoms with Gasteiger partial charge in [-0.2, -0.15) is 0 Å². The highest BCUT2D eigenvalue weighted by atomic mass is 14.9. The Kier molecular flexibility index (Phi) is 3.29. The Morgan fingerprint density at radius 3 is 2.50 bits per heavy atom. The van der Waals surface area contributed by atoms with Gasteiger partial charge < -0.3 is 5.32 Å². The number of rotatable bonds is 3. The van der Waals surface area contributed by atoms with Crippen molar-refractivity contribution < 1.29 is 0 Å². The highest BCUT2D eigenvalue weighted by molar-refractivity contribution is 5.20. The predicted molar refractivity (Wildman–Crippen MR) is 67.3 cm³/mol. The predicted octanol–water partition coefficient (Wildman–Crippen LogP) is 3.23. The molecule has 2 heteroatoms. The summed E-state index contributed by atoms with van der Waals surface area (Å²) in [4.78, 5) is 4.41. The van der Waals surface area contributed by atoms with Gasteiger partial charge in [-0.1, -0.05) is 25.8 Å². The molecule has 1 aromatic heterocycles. The average Bonchev–Trinajstić information content (AvgIpc) is 2.70. The van der Waals surface area contributed by atoms with Crippen LogP contribution in [0.25, 0.3) is 0 Å². The maximum atomic E-state index is 4.41. The molecule has 0 aliphatic heterocycles. The molecule has 0 amide bonds. The summed E-state index contributed by atoms with van der Waals surface area (Å²) in [5, 5.41) is 3.48. The third-order valence-electron chi connectivity index (χ3n) is 4.00. The Hall–Kier alpha value is -0.890. The van der Waals surface area contributed by atoms with Crippen molar-refractivity contribution >= 4 is 0 Å². The average molecular weight is 218 g/mol. The fourth-order valence-electron chi connectivity index (χ4n) is 3.04. The molecule has 1 N–H and O–H groups in total. The molecule has 1 atom stereocenters. The molecule has 1 aliphatic rings. The molecule has 0 spiro atoms. The van der Waals surface area contributed by atoms with E-state index in [9.17, 15) is 0 Å². The number of hydrogen-bond donors (Lipinski definition) is 1. The molecule has 0 saturated heterocycles. The van der Waals surface area contributed by atoms with E-state index in [4.69, 9.17) is 0 Å². The van der Waals surface area contributed by atoms with Gasteiger partial charge in [0.15, 0.2) is 0 Å². The SMILES string of the molecule is CNC(c1ccc(C)nc1)C1(C)CCCC1. The van der Waals surface area contributed by atoms with Crippen LogP contribution in [0.4, 0.5) is 0 Å². The molecule has 1 saturated carbocycles. The van der Waals surface area contributed by atoms with Crippen LogP contribution >= 0.6 is 0 Å². The van der Waals surface area contributed by atoms with Crippen LogP contribution in [-0.2, 0) is 0 Å². The summed E-state index contributed by atoms with van der Waals surface area (Å²) >= 11 is 0. The van der Waals surface area contributed by atoms with Gasteiger partial charge in [-0.3, -0.25) is 4.98 Å². The van der Waals surface area contributed by atoms with Gasteiger partial charge in [0.1, 0.15) is 0 Å². The van der Waals surface area contributed by atoms with Crippen LogP contribution in [0.5, 0.6) is 0 Å². The van der Waals surface area contributed by atoms with Crippen molar-refractivity contribution in [3.8, 4) is 0 Å². The summed E-state index contributed by atoms with van der Waals surface area (Å²) < 4.78 is 0. The molecule has 1 fully saturated rings. The fraction of sp³-hybridized carbons (Fsp3) is 0.643. The maximum absolute atomic E-state index is 4.41. The topological polar surface area (TPSA) is 24.9 Å². The van der Waals surface area contributed by atoms with E-state index in [0.717, 1.165) is 5.69 Å². The molecule has 1 unspecified atom stereocenters. The van der Waals surface area contributed by atoms with Gasteiger partial charge in [0.2, 0.25) is 0 Å². The van der Waals surface area contributed by atoms with Crippen LogP contribution in [0.1, 0.15) is 49.9 Å². The second-order valence-corrected chi connectivity index (χ2v) is 5.32. The van der Waals surface area contributed by atoms with Crippen LogP contribution < -0.4 is 5.32 Å². The fourth-order valence-corrected chi connectivity index (χ4v) is 3.04. The Morgan fingerprint density at radius 2 is 2.00 bits per heavy atom. The molecule has 1 heterocycles. The summed E-state index contributed by atoms with van der Waals surface area (Å²) in [6, 6.07) is 4.77. The first-order chi connectivity index (χ1) is 7.65. The van der Waals surface area contributed by atoms with Crippen molar-refractivity contribution in [2.45, 2.75) is 45.6 Å². The van der Waals surface area contributed by atoms with Crippen LogP contribution in [0.3, 0.4) is 0 Å². The van der Waals surface area contributed by atoms with Crippen molar-refractivity contribution in [3.63, 3.8) is 0 Å². The van der Waals surface area contributed by atoms with Gasteiger partial charge in [0, 0.05) is 17.9 Å². The van der Waals surface area contributed by atoms with Crippen molar-refractivity contribution in [1.29, 1.82) is 0 Å². The lowest BCUT2D eigenvalue weighted by molar-refractivity contribution is 0.233. The standard InChI is InChI=1S/C14H22N2/c1-11-6-7-12(10-16-11)13(15-3)14(2)8-4-5-9-14/h6-7,10,13,15H,4-5,8-9H2,1-3H3. The minimum absolute atomic E-state index is 0.408. The largest absolute Gasteiger partial charge is 0.312 e. The zero-order valence-electron chi connectivity index (χ0n) is 10.6. The Labute approximate surface area is 98.5 Å².